The Morgan fingerprint density at radius 3 is 2.31 bits per heavy atom. The number of carbonyl (C=O) groups excluding carboxylic acids is 1. The fourth-order valence-electron chi connectivity index (χ4n) is 3.06. The number of rotatable bonds is 8. The highest BCUT2D eigenvalue weighted by Crippen LogP contribution is 2.26. The molecule has 166 valence electrons. The molecular formula is C27H26F2O3. The Morgan fingerprint density at radius 1 is 0.969 bits per heavy atom. The van der Waals surface area contributed by atoms with Gasteiger partial charge in [-0.15, -0.1) is 0 Å². The molecular weight excluding hydrogens is 410 g/mol. The number of esters is 1. The van der Waals surface area contributed by atoms with E-state index in [1.54, 1.807) is 42.5 Å². The van der Waals surface area contributed by atoms with Crippen molar-refractivity contribution in [3.05, 3.63) is 101 Å². The van der Waals surface area contributed by atoms with Crippen molar-refractivity contribution in [1.29, 1.82) is 0 Å². The van der Waals surface area contributed by atoms with E-state index in [1.807, 2.05) is 32.9 Å². The van der Waals surface area contributed by atoms with E-state index in [2.05, 4.69) is 0 Å². The van der Waals surface area contributed by atoms with Crippen LogP contribution in [0.1, 0.15) is 30.5 Å². The number of benzene rings is 3. The first-order chi connectivity index (χ1) is 15.3. The van der Waals surface area contributed by atoms with E-state index in [-0.39, 0.29) is 30.1 Å². The van der Waals surface area contributed by atoms with Crippen LogP contribution >= 0.6 is 0 Å². The molecule has 0 spiro atoms. The van der Waals surface area contributed by atoms with Crippen LogP contribution in [0.15, 0.2) is 72.8 Å². The molecule has 32 heavy (non-hydrogen) atoms. The summed E-state index contributed by atoms with van der Waals surface area (Å²) in [5.74, 6) is -1.07. The van der Waals surface area contributed by atoms with Crippen molar-refractivity contribution in [1.82, 2.24) is 0 Å². The molecule has 1 atom stereocenters. The number of hydrogen-bond acceptors (Lipinski definition) is 3. The van der Waals surface area contributed by atoms with Crippen LogP contribution in [0.25, 0.3) is 6.08 Å². The van der Waals surface area contributed by atoms with Crippen molar-refractivity contribution in [2.24, 2.45) is 11.8 Å². The van der Waals surface area contributed by atoms with Gasteiger partial charge < -0.3 is 9.47 Å². The van der Waals surface area contributed by atoms with Crippen molar-refractivity contribution >= 4 is 12.0 Å². The highest BCUT2D eigenvalue weighted by Gasteiger charge is 2.21. The Balaban J connectivity index is 1.65. The van der Waals surface area contributed by atoms with E-state index in [4.69, 9.17) is 9.47 Å². The van der Waals surface area contributed by atoms with Gasteiger partial charge in [0.1, 0.15) is 18.2 Å². The monoisotopic (exact) mass is 436 g/mol. The molecule has 1 unspecified atom stereocenters. The molecule has 0 saturated heterocycles. The molecule has 0 bridgehead atoms. The number of aryl methyl sites for hydroxylation is 1. The molecule has 0 aliphatic rings. The number of hydrogen-bond donors (Lipinski definition) is 0. The Bertz CT molecular complexity index is 1070. The first-order valence-electron chi connectivity index (χ1n) is 10.4. The topological polar surface area (TPSA) is 35.5 Å². The minimum absolute atomic E-state index is 0.00300. The highest BCUT2D eigenvalue weighted by atomic mass is 19.1. The second-order valence-corrected chi connectivity index (χ2v) is 7.97. The Kier molecular flexibility index (Phi) is 7.77. The van der Waals surface area contributed by atoms with E-state index in [1.165, 1.54) is 24.3 Å². The average molecular weight is 436 g/mol. The molecule has 0 fully saturated rings. The van der Waals surface area contributed by atoms with Crippen LogP contribution in [-0.4, -0.2) is 5.97 Å². The lowest BCUT2D eigenvalue weighted by Gasteiger charge is -2.16. The number of ether oxygens (including phenoxy) is 2. The molecule has 3 aromatic carbocycles. The Morgan fingerprint density at radius 2 is 1.66 bits per heavy atom. The van der Waals surface area contributed by atoms with Crippen LogP contribution in [0.2, 0.25) is 0 Å². The summed E-state index contributed by atoms with van der Waals surface area (Å²) in [5.41, 5.74) is 2.49. The predicted octanol–water partition coefficient (Wildman–Crippen LogP) is 7.09. The largest absolute Gasteiger partial charge is 0.460 e. The molecule has 0 radical (unpaired) electrons. The first-order valence-corrected chi connectivity index (χ1v) is 10.4. The van der Waals surface area contributed by atoms with Crippen LogP contribution in [-0.2, 0) is 16.1 Å². The van der Waals surface area contributed by atoms with Gasteiger partial charge in [0.15, 0.2) is 11.6 Å². The van der Waals surface area contributed by atoms with E-state index in [0.29, 0.717) is 11.3 Å². The molecule has 3 nitrogen and oxygen atoms in total. The molecule has 0 aliphatic heterocycles. The van der Waals surface area contributed by atoms with Crippen LogP contribution in [0, 0.1) is 30.4 Å². The van der Waals surface area contributed by atoms with Gasteiger partial charge in [-0.1, -0.05) is 61.9 Å². The summed E-state index contributed by atoms with van der Waals surface area (Å²) in [6.07, 6.45) is 3.54. The molecule has 3 aromatic rings. The molecule has 3 rings (SSSR count). The minimum Gasteiger partial charge on any atom is -0.460 e. The first kappa shape index (κ1) is 23.2. The molecule has 0 saturated carbocycles. The molecule has 0 heterocycles. The van der Waals surface area contributed by atoms with Gasteiger partial charge in [-0.2, -0.15) is 0 Å². The molecule has 0 aromatic heterocycles. The number of halogens is 2. The fraction of sp³-hybridized carbons (Fsp3) is 0.222. The van der Waals surface area contributed by atoms with Gasteiger partial charge in [0.25, 0.3) is 0 Å². The second kappa shape index (κ2) is 10.7. The standard InChI is InChI=1S/C27H26F2O3/c1-18(2)24(14-8-20-6-10-22(28)11-7-20)27(30)31-17-21-9-15-25(29)26(16-21)32-23-12-4-19(3)5-13-23/h4-16,18,24H,17H2,1-3H3. The van der Waals surface area contributed by atoms with Crippen molar-refractivity contribution < 1.29 is 23.0 Å². The van der Waals surface area contributed by atoms with Gasteiger partial charge in [-0.3, -0.25) is 4.79 Å². The third kappa shape index (κ3) is 6.51. The van der Waals surface area contributed by atoms with Crippen LogP contribution in [0.3, 0.4) is 0 Å². The van der Waals surface area contributed by atoms with Gasteiger partial charge in [0.05, 0.1) is 5.92 Å². The van der Waals surface area contributed by atoms with Gasteiger partial charge in [-0.05, 0) is 60.4 Å². The maximum atomic E-state index is 14.2. The van der Waals surface area contributed by atoms with Crippen LogP contribution in [0.4, 0.5) is 8.78 Å². The average Bonchev–Trinajstić information content (AvgIpc) is 2.77. The van der Waals surface area contributed by atoms with Gasteiger partial charge >= 0.3 is 5.97 Å². The molecule has 5 heteroatoms. The van der Waals surface area contributed by atoms with Gasteiger partial charge in [0.2, 0.25) is 0 Å². The summed E-state index contributed by atoms with van der Waals surface area (Å²) in [5, 5.41) is 0. The minimum atomic E-state index is -0.497. The van der Waals surface area contributed by atoms with Crippen molar-refractivity contribution in [2.75, 3.05) is 0 Å². The zero-order valence-electron chi connectivity index (χ0n) is 18.3. The summed E-state index contributed by atoms with van der Waals surface area (Å²) in [6, 6.07) is 17.7. The van der Waals surface area contributed by atoms with Crippen LogP contribution < -0.4 is 4.74 Å². The van der Waals surface area contributed by atoms with Crippen molar-refractivity contribution in [3.63, 3.8) is 0 Å². The zero-order chi connectivity index (χ0) is 23.1. The summed E-state index contributed by atoms with van der Waals surface area (Å²) >= 11 is 0. The highest BCUT2D eigenvalue weighted by molar-refractivity contribution is 5.76. The summed E-state index contributed by atoms with van der Waals surface area (Å²) in [4.78, 5) is 12.7. The maximum Gasteiger partial charge on any atom is 0.313 e. The van der Waals surface area contributed by atoms with Crippen molar-refractivity contribution in [2.45, 2.75) is 27.4 Å². The lowest BCUT2D eigenvalue weighted by atomic mass is 9.95. The van der Waals surface area contributed by atoms with E-state index < -0.39 is 11.7 Å². The summed E-state index contributed by atoms with van der Waals surface area (Å²) in [6.45, 7) is 5.80. The summed E-state index contributed by atoms with van der Waals surface area (Å²) in [7, 11) is 0. The maximum absolute atomic E-state index is 14.2. The summed E-state index contributed by atoms with van der Waals surface area (Å²) < 4.78 is 38.4. The third-order valence-corrected chi connectivity index (χ3v) is 4.98. The second-order valence-electron chi connectivity index (χ2n) is 7.97. The molecule has 0 N–H and O–H groups in total. The van der Waals surface area contributed by atoms with Gasteiger partial charge in [-0.25, -0.2) is 8.78 Å². The predicted molar refractivity (Wildman–Crippen MR) is 121 cm³/mol. The molecule has 0 amide bonds. The normalized spacial score (nSPS) is 12.2. The SMILES string of the molecule is Cc1ccc(Oc2cc(COC(=O)C(C=Cc3ccc(F)cc3)C(C)C)ccc2F)cc1. The number of carbonyl (C=O) groups is 1. The quantitative estimate of drug-likeness (QED) is 0.354. The van der Waals surface area contributed by atoms with Gasteiger partial charge in [0, 0.05) is 0 Å². The van der Waals surface area contributed by atoms with E-state index in [9.17, 15) is 13.6 Å². The van der Waals surface area contributed by atoms with E-state index in [0.717, 1.165) is 11.1 Å². The van der Waals surface area contributed by atoms with E-state index >= 15 is 0 Å². The fourth-order valence-corrected chi connectivity index (χ4v) is 3.06. The van der Waals surface area contributed by atoms with Crippen molar-refractivity contribution in [3.8, 4) is 11.5 Å². The third-order valence-electron chi connectivity index (χ3n) is 4.98. The van der Waals surface area contributed by atoms with Crippen LogP contribution in [0.5, 0.6) is 11.5 Å². The Hall–Kier alpha value is -3.47. The zero-order valence-corrected chi connectivity index (χ0v) is 18.3. The molecule has 0 aliphatic carbocycles. The lowest BCUT2D eigenvalue weighted by molar-refractivity contribution is -0.149. The smallest absolute Gasteiger partial charge is 0.313 e. The Labute approximate surface area is 187 Å². The lowest BCUT2D eigenvalue weighted by Crippen LogP contribution is -2.20.